The highest BCUT2D eigenvalue weighted by atomic mass is 15.0. The molecule has 1 atom stereocenters. The molecule has 3 heteroatoms. The lowest BCUT2D eigenvalue weighted by atomic mass is 10.0. The summed E-state index contributed by atoms with van der Waals surface area (Å²) in [6, 6.07) is 7.11. The first-order valence-corrected chi connectivity index (χ1v) is 6.64. The third-order valence-electron chi connectivity index (χ3n) is 3.78. The number of hydrogen-bond acceptors (Lipinski definition) is 2. The van der Waals surface area contributed by atoms with Gasteiger partial charge in [0.25, 0.3) is 0 Å². The van der Waals surface area contributed by atoms with Gasteiger partial charge in [0, 0.05) is 31.0 Å². The molecule has 1 unspecified atom stereocenters. The zero-order valence-corrected chi connectivity index (χ0v) is 11.0. The number of aryl methyl sites for hydroxylation is 1. The summed E-state index contributed by atoms with van der Waals surface area (Å²) in [6.45, 7) is 3.19. The van der Waals surface area contributed by atoms with Gasteiger partial charge in [-0.3, -0.25) is 0 Å². The summed E-state index contributed by atoms with van der Waals surface area (Å²) in [5, 5.41) is 3.56. The molecule has 0 radical (unpaired) electrons. The number of nitrogens with zero attached hydrogens (tertiary/aromatic N) is 2. The first-order chi connectivity index (χ1) is 8.81. The van der Waals surface area contributed by atoms with Crippen LogP contribution in [0, 0.1) is 0 Å². The minimum absolute atomic E-state index is 0.519. The van der Waals surface area contributed by atoms with Gasteiger partial charge in [-0.05, 0) is 30.5 Å². The van der Waals surface area contributed by atoms with Gasteiger partial charge in [0.2, 0.25) is 0 Å². The van der Waals surface area contributed by atoms with Gasteiger partial charge in [0.1, 0.15) is 5.82 Å². The standard InChI is InChI=1S/C15H19N3/c1-3-16-14-8-7-11-12(14)5-4-6-13(11)15-17-9-10-18(15)2/h4-6,9-10,14,16H,3,7-8H2,1-2H3. The minimum atomic E-state index is 0.519. The summed E-state index contributed by atoms with van der Waals surface area (Å²) in [5.41, 5.74) is 4.22. The van der Waals surface area contributed by atoms with Crippen LogP contribution in [0.15, 0.2) is 30.6 Å². The van der Waals surface area contributed by atoms with Crippen molar-refractivity contribution in [3.8, 4) is 11.4 Å². The van der Waals surface area contributed by atoms with Crippen LogP contribution in [0.2, 0.25) is 0 Å². The van der Waals surface area contributed by atoms with Crippen molar-refractivity contribution in [3.05, 3.63) is 41.7 Å². The summed E-state index contributed by atoms with van der Waals surface area (Å²) < 4.78 is 2.09. The van der Waals surface area contributed by atoms with E-state index >= 15 is 0 Å². The van der Waals surface area contributed by atoms with E-state index in [0.29, 0.717) is 6.04 Å². The van der Waals surface area contributed by atoms with Gasteiger partial charge in [-0.2, -0.15) is 0 Å². The summed E-state index contributed by atoms with van der Waals surface area (Å²) in [6.07, 6.45) is 6.22. The van der Waals surface area contributed by atoms with Crippen molar-refractivity contribution in [1.29, 1.82) is 0 Å². The SMILES string of the molecule is CCNC1CCc2c(-c3nccn3C)cccc21. The molecule has 18 heavy (non-hydrogen) atoms. The number of aromatic nitrogens is 2. The van der Waals surface area contributed by atoms with Crippen LogP contribution < -0.4 is 5.32 Å². The Balaban J connectivity index is 2.07. The van der Waals surface area contributed by atoms with Crippen molar-refractivity contribution in [1.82, 2.24) is 14.9 Å². The van der Waals surface area contributed by atoms with Crippen LogP contribution in [0.25, 0.3) is 11.4 Å². The number of benzene rings is 1. The molecule has 0 saturated heterocycles. The molecule has 0 spiro atoms. The van der Waals surface area contributed by atoms with Crippen molar-refractivity contribution in [2.24, 2.45) is 7.05 Å². The number of hydrogen-bond donors (Lipinski definition) is 1. The highest BCUT2D eigenvalue weighted by molar-refractivity contribution is 5.64. The number of rotatable bonds is 3. The zero-order chi connectivity index (χ0) is 12.5. The van der Waals surface area contributed by atoms with Crippen molar-refractivity contribution in [2.75, 3.05) is 6.54 Å². The van der Waals surface area contributed by atoms with E-state index in [1.807, 2.05) is 12.4 Å². The molecule has 0 fully saturated rings. The van der Waals surface area contributed by atoms with Gasteiger partial charge < -0.3 is 9.88 Å². The van der Waals surface area contributed by atoms with Crippen LogP contribution >= 0.6 is 0 Å². The number of nitrogens with one attached hydrogen (secondary N) is 1. The second-order valence-electron chi connectivity index (χ2n) is 4.88. The molecular formula is C15H19N3. The normalized spacial score (nSPS) is 18.0. The molecule has 0 aliphatic heterocycles. The fraction of sp³-hybridized carbons (Fsp3) is 0.400. The molecule has 1 aromatic heterocycles. The number of fused-ring (bicyclic) bond motifs is 1. The Kier molecular flexibility index (Phi) is 2.92. The number of imidazole rings is 1. The van der Waals surface area contributed by atoms with Gasteiger partial charge in [-0.1, -0.05) is 25.1 Å². The zero-order valence-electron chi connectivity index (χ0n) is 11.0. The highest BCUT2D eigenvalue weighted by Gasteiger charge is 2.24. The summed E-state index contributed by atoms with van der Waals surface area (Å²) >= 11 is 0. The van der Waals surface area contributed by atoms with Crippen molar-refractivity contribution in [2.45, 2.75) is 25.8 Å². The largest absolute Gasteiger partial charge is 0.334 e. The predicted octanol–water partition coefficient (Wildman–Crippen LogP) is 2.68. The van der Waals surface area contributed by atoms with Crippen LogP contribution in [-0.2, 0) is 13.5 Å². The van der Waals surface area contributed by atoms with E-state index < -0.39 is 0 Å². The molecule has 3 rings (SSSR count). The average molecular weight is 241 g/mol. The molecule has 1 aliphatic carbocycles. The molecule has 2 aromatic rings. The van der Waals surface area contributed by atoms with Gasteiger partial charge >= 0.3 is 0 Å². The van der Waals surface area contributed by atoms with E-state index in [0.717, 1.165) is 18.8 Å². The lowest BCUT2D eigenvalue weighted by Gasteiger charge is -2.13. The Bertz CT molecular complexity index is 557. The Morgan fingerprint density at radius 3 is 3.06 bits per heavy atom. The Morgan fingerprint density at radius 2 is 2.33 bits per heavy atom. The third-order valence-corrected chi connectivity index (χ3v) is 3.78. The maximum atomic E-state index is 4.48. The van der Waals surface area contributed by atoms with Crippen molar-refractivity contribution in [3.63, 3.8) is 0 Å². The molecule has 1 aromatic carbocycles. The van der Waals surface area contributed by atoms with E-state index in [1.165, 1.54) is 23.1 Å². The van der Waals surface area contributed by atoms with E-state index in [9.17, 15) is 0 Å². The van der Waals surface area contributed by atoms with Gasteiger partial charge in [0.05, 0.1) is 0 Å². The quantitative estimate of drug-likeness (QED) is 0.895. The van der Waals surface area contributed by atoms with Crippen LogP contribution in [0.3, 0.4) is 0 Å². The first kappa shape index (κ1) is 11.5. The molecule has 94 valence electrons. The molecule has 1 N–H and O–H groups in total. The van der Waals surface area contributed by atoms with Crippen LogP contribution in [0.1, 0.15) is 30.5 Å². The third kappa shape index (κ3) is 1.75. The van der Waals surface area contributed by atoms with Crippen LogP contribution in [-0.4, -0.2) is 16.1 Å². The van der Waals surface area contributed by atoms with Crippen LogP contribution in [0.5, 0.6) is 0 Å². The topological polar surface area (TPSA) is 29.9 Å². The summed E-state index contributed by atoms with van der Waals surface area (Å²) in [4.78, 5) is 4.48. The first-order valence-electron chi connectivity index (χ1n) is 6.64. The lowest BCUT2D eigenvalue weighted by molar-refractivity contribution is 0.549. The van der Waals surface area contributed by atoms with Crippen molar-refractivity contribution >= 4 is 0 Å². The molecule has 0 amide bonds. The molecule has 0 bridgehead atoms. The van der Waals surface area contributed by atoms with E-state index in [4.69, 9.17) is 0 Å². The summed E-state index contributed by atoms with van der Waals surface area (Å²) in [7, 11) is 2.05. The molecule has 1 aliphatic rings. The molecule has 1 heterocycles. The van der Waals surface area contributed by atoms with Gasteiger partial charge in [-0.25, -0.2) is 4.98 Å². The van der Waals surface area contributed by atoms with Crippen molar-refractivity contribution < 1.29 is 0 Å². The van der Waals surface area contributed by atoms with Gasteiger partial charge in [-0.15, -0.1) is 0 Å². The van der Waals surface area contributed by atoms with Crippen LogP contribution in [0.4, 0.5) is 0 Å². The molecule has 0 saturated carbocycles. The minimum Gasteiger partial charge on any atom is -0.334 e. The summed E-state index contributed by atoms with van der Waals surface area (Å²) in [5.74, 6) is 1.07. The molecule has 3 nitrogen and oxygen atoms in total. The maximum Gasteiger partial charge on any atom is 0.139 e. The second kappa shape index (κ2) is 4.58. The fourth-order valence-corrected chi connectivity index (χ4v) is 2.95. The average Bonchev–Trinajstić information content (AvgIpc) is 2.97. The maximum absolute atomic E-state index is 4.48. The van der Waals surface area contributed by atoms with E-state index in [1.54, 1.807) is 0 Å². The lowest BCUT2D eigenvalue weighted by Crippen LogP contribution is -2.18. The predicted molar refractivity (Wildman–Crippen MR) is 73.4 cm³/mol. The molecular weight excluding hydrogens is 222 g/mol. The Labute approximate surface area is 108 Å². The second-order valence-corrected chi connectivity index (χ2v) is 4.88. The van der Waals surface area contributed by atoms with E-state index in [-0.39, 0.29) is 0 Å². The smallest absolute Gasteiger partial charge is 0.139 e. The Hall–Kier alpha value is -1.61. The monoisotopic (exact) mass is 241 g/mol. The highest BCUT2D eigenvalue weighted by Crippen LogP contribution is 2.36. The van der Waals surface area contributed by atoms with E-state index in [2.05, 4.69) is 47.0 Å². The fourth-order valence-electron chi connectivity index (χ4n) is 2.95. The van der Waals surface area contributed by atoms with Gasteiger partial charge in [0.15, 0.2) is 0 Å². The Morgan fingerprint density at radius 1 is 1.44 bits per heavy atom.